The highest BCUT2D eigenvalue weighted by Gasteiger charge is 2.21. The van der Waals surface area contributed by atoms with E-state index in [4.69, 9.17) is 11.7 Å². The molecule has 1 amide bonds. The first-order chi connectivity index (χ1) is 10.7. The van der Waals surface area contributed by atoms with E-state index in [1.807, 2.05) is 60.7 Å². The molecule has 7 N–H and O–H groups in total. The number of nitrogens with zero attached hydrogens (tertiary/aromatic N) is 1. The molecule has 0 aliphatic rings. The summed E-state index contributed by atoms with van der Waals surface area (Å²) in [5.41, 5.74) is 3.84. The maximum Gasteiger partial charge on any atom is 0.253 e. The number of amides is 1. The molecule has 0 radical (unpaired) electrons. The van der Waals surface area contributed by atoms with Crippen molar-refractivity contribution in [2.45, 2.75) is 6.04 Å². The highest BCUT2D eigenvalue weighted by Crippen LogP contribution is 2.19. The highest BCUT2D eigenvalue weighted by molar-refractivity contribution is 6.00. The summed E-state index contributed by atoms with van der Waals surface area (Å²) >= 11 is 0. The van der Waals surface area contributed by atoms with E-state index in [0.29, 0.717) is 0 Å². The molecule has 22 heavy (non-hydrogen) atoms. The molecule has 0 aliphatic heterocycles. The maximum absolute atomic E-state index is 12.5. The average molecular weight is 298 g/mol. The van der Waals surface area contributed by atoms with Gasteiger partial charge in [0.2, 0.25) is 5.96 Å². The number of rotatable bonds is 4. The Hall–Kier alpha value is -3.06. The Bertz CT molecular complexity index is 629. The van der Waals surface area contributed by atoms with Gasteiger partial charge in [0.05, 0.1) is 0 Å². The summed E-state index contributed by atoms with van der Waals surface area (Å²) in [7, 11) is 0. The van der Waals surface area contributed by atoms with Gasteiger partial charge < -0.3 is 11.2 Å². The van der Waals surface area contributed by atoms with Crippen molar-refractivity contribution in [1.82, 2.24) is 10.7 Å². The highest BCUT2D eigenvalue weighted by atomic mass is 16.2. The summed E-state index contributed by atoms with van der Waals surface area (Å²) in [6, 6.07) is 18.1. The molecular formula is C15H18N6O. The van der Waals surface area contributed by atoms with Crippen molar-refractivity contribution in [3.63, 3.8) is 0 Å². The molecule has 1 atom stereocenters. The smallest absolute Gasteiger partial charge is 0.253 e. The van der Waals surface area contributed by atoms with E-state index in [1.165, 1.54) is 0 Å². The molecule has 0 fully saturated rings. The van der Waals surface area contributed by atoms with Crippen molar-refractivity contribution in [2.75, 3.05) is 5.32 Å². The summed E-state index contributed by atoms with van der Waals surface area (Å²) in [6.07, 6.45) is 0. The Labute approximate surface area is 128 Å². The minimum absolute atomic E-state index is 0.0132. The number of hydrogen-bond acceptors (Lipinski definition) is 5. The molecule has 2 aromatic carbocycles. The molecule has 114 valence electrons. The van der Waals surface area contributed by atoms with Gasteiger partial charge in [0.1, 0.15) is 6.04 Å². The molecular weight excluding hydrogens is 280 g/mol. The first kappa shape index (κ1) is 15.3. The minimum Gasteiger partial charge on any atom is -0.370 e. The number of guanidine groups is 1. The number of hydrazone groups is 1. The number of hydrazine groups is 1. The Morgan fingerprint density at radius 3 is 2.14 bits per heavy atom. The van der Waals surface area contributed by atoms with E-state index in [-0.39, 0.29) is 11.9 Å². The third kappa shape index (κ3) is 3.97. The van der Waals surface area contributed by atoms with Crippen LogP contribution in [-0.2, 0) is 4.79 Å². The third-order valence-corrected chi connectivity index (χ3v) is 2.99. The van der Waals surface area contributed by atoms with Gasteiger partial charge in [-0.05, 0) is 17.7 Å². The number of nitrogens with two attached hydrogens (primary N) is 2. The lowest BCUT2D eigenvalue weighted by Crippen LogP contribution is -2.47. The van der Waals surface area contributed by atoms with Gasteiger partial charge in [0.15, 0.2) is 0 Å². The summed E-state index contributed by atoms with van der Waals surface area (Å²) in [6.45, 7) is 0. The molecule has 2 aromatic rings. The van der Waals surface area contributed by atoms with E-state index in [2.05, 4.69) is 21.2 Å². The summed E-state index contributed by atoms with van der Waals surface area (Å²) in [4.78, 5) is 12.5. The van der Waals surface area contributed by atoms with E-state index in [1.54, 1.807) is 0 Å². The van der Waals surface area contributed by atoms with Crippen LogP contribution in [0.25, 0.3) is 0 Å². The van der Waals surface area contributed by atoms with Gasteiger partial charge in [-0.2, -0.15) is 0 Å². The monoisotopic (exact) mass is 298 g/mol. The zero-order valence-corrected chi connectivity index (χ0v) is 11.9. The van der Waals surface area contributed by atoms with Crippen molar-refractivity contribution in [2.24, 2.45) is 16.8 Å². The van der Waals surface area contributed by atoms with Crippen LogP contribution in [0, 0.1) is 0 Å². The molecule has 1 unspecified atom stereocenters. The molecule has 0 heterocycles. The number of nitrogens with one attached hydrogen (secondary N) is 3. The van der Waals surface area contributed by atoms with Gasteiger partial charge in [-0.25, -0.2) is 5.84 Å². The number of para-hydroxylation sites is 1. The molecule has 7 nitrogen and oxygen atoms in total. The second kappa shape index (κ2) is 7.65. The van der Waals surface area contributed by atoms with Gasteiger partial charge in [-0.15, -0.1) is 5.10 Å². The molecule has 0 saturated carbocycles. The Morgan fingerprint density at radius 2 is 1.59 bits per heavy atom. The zero-order valence-electron chi connectivity index (χ0n) is 11.9. The topological polar surface area (TPSA) is 118 Å². The van der Waals surface area contributed by atoms with Crippen LogP contribution >= 0.6 is 0 Å². The molecule has 0 saturated heterocycles. The van der Waals surface area contributed by atoms with Crippen LogP contribution in [0.1, 0.15) is 11.6 Å². The third-order valence-electron chi connectivity index (χ3n) is 2.99. The van der Waals surface area contributed by atoms with Crippen LogP contribution in [-0.4, -0.2) is 11.9 Å². The predicted octanol–water partition coefficient (Wildman–Crippen LogP) is 0.649. The molecule has 2 rings (SSSR count). The van der Waals surface area contributed by atoms with Crippen LogP contribution in [0.5, 0.6) is 0 Å². The second-order valence-electron chi connectivity index (χ2n) is 4.47. The fourth-order valence-electron chi connectivity index (χ4n) is 1.94. The summed E-state index contributed by atoms with van der Waals surface area (Å²) in [5.74, 6) is 10.0. The number of carbonyl (C=O) groups excluding carboxylic acids is 1. The van der Waals surface area contributed by atoms with Crippen LogP contribution in [0.2, 0.25) is 0 Å². The molecule has 0 spiro atoms. The Morgan fingerprint density at radius 1 is 1.00 bits per heavy atom. The van der Waals surface area contributed by atoms with E-state index >= 15 is 0 Å². The number of benzene rings is 2. The van der Waals surface area contributed by atoms with Crippen molar-refractivity contribution in [1.29, 1.82) is 0 Å². The number of carbonyl (C=O) groups is 1. The predicted molar refractivity (Wildman–Crippen MR) is 86.3 cm³/mol. The molecule has 0 aromatic heterocycles. The minimum atomic E-state index is -0.617. The fourth-order valence-corrected chi connectivity index (χ4v) is 1.94. The van der Waals surface area contributed by atoms with Crippen LogP contribution < -0.4 is 27.7 Å². The van der Waals surface area contributed by atoms with Crippen molar-refractivity contribution in [3.05, 3.63) is 66.2 Å². The first-order valence-electron chi connectivity index (χ1n) is 6.66. The van der Waals surface area contributed by atoms with Gasteiger partial charge >= 0.3 is 0 Å². The molecule has 7 heteroatoms. The van der Waals surface area contributed by atoms with Crippen molar-refractivity contribution in [3.8, 4) is 0 Å². The normalized spacial score (nSPS) is 12.3. The van der Waals surface area contributed by atoms with Gasteiger partial charge in [0.25, 0.3) is 5.91 Å². The van der Waals surface area contributed by atoms with Crippen molar-refractivity contribution < 1.29 is 4.79 Å². The van der Waals surface area contributed by atoms with Crippen molar-refractivity contribution >= 4 is 17.6 Å². The second-order valence-corrected chi connectivity index (χ2v) is 4.47. The van der Waals surface area contributed by atoms with Crippen LogP contribution in [0.15, 0.2) is 65.8 Å². The first-order valence-corrected chi connectivity index (χ1v) is 6.66. The lowest BCUT2D eigenvalue weighted by Gasteiger charge is -2.20. The van der Waals surface area contributed by atoms with E-state index in [0.717, 1.165) is 11.3 Å². The Kier molecular flexibility index (Phi) is 5.33. The van der Waals surface area contributed by atoms with Crippen LogP contribution in [0.4, 0.5) is 5.69 Å². The van der Waals surface area contributed by atoms with Crippen LogP contribution in [0.3, 0.4) is 0 Å². The SMILES string of the molecule is N/N=C(\NN)NC(=O)C(Nc1ccccc1)c1ccccc1. The lowest BCUT2D eigenvalue weighted by atomic mass is 10.1. The summed E-state index contributed by atoms with van der Waals surface area (Å²) < 4.78 is 0. The fraction of sp³-hybridized carbons (Fsp3) is 0.0667. The summed E-state index contributed by atoms with van der Waals surface area (Å²) in [5, 5.41) is 9.05. The number of anilines is 1. The molecule has 0 aliphatic carbocycles. The van der Waals surface area contributed by atoms with E-state index in [9.17, 15) is 4.79 Å². The lowest BCUT2D eigenvalue weighted by molar-refractivity contribution is -0.120. The quantitative estimate of drug-likeness (QED) is 0.246. The van der Waals surface area contributed by atoms with Gasteiger partial charge in [-0.3, -0.25) is 15.5 Å². The average Bonchev–Trinajstić information content (AvgIpc) is 2.59. The number of hydrogen-bond donors (Lipinski definition) is 5. The zero-order chi connectivity index (χ0) is 15.8. The van der Waals surface area contributed by atoms with Gasteiger partial charge in [-0.1, -0.05) is 48.5 Å². The Balaban J connectivity index is 2.24. The largest absolute Gasteiger partial charge is 0.370 e. The molecule has 0 bridgehead atoms. The van der Waals surface area contributed by atoms with Gasteiger partial charge in [0, 0.05) is 5.69 Å². The maximum atomic E-state index is 12.5. The van der Waals surface area contributed by atoms with E-state index < -0.39 is 6.04 Å². The standard InChI is InChI=1S/C15H18N6O/c16-20-15(21-17)19-14(22)13(11-7-3-1-4-8-11)18-12-9-5-2-6-10-12/h1-10,13,18H,16-17H2,(H2,19,20,21,22).